The predicted molar refractivity (Wildman–Crippen MR) is 61.8 cm³/mol. The Hall–Kier alpha value is -2.21. The SMILES string of the molecule is Cc1ccc(-c2nnc(COCC(=O)O)o2)cc1. The van der Waals surface area contributed by atoms with Crippen LogP contribution < -0.4 is 0 Å². The van der Waals surface area contributed by atoms with Gasteiger partial charge in [-0.2, -0.15) is 0 Å². The van der Waals surface area contributed by atoms with Gasteiger partial charge < -0.3 is 14.3 Å². The number of aromatic nitrogens is 2. The molecule has 0 fully saturated rings. The molecule has 94 valence electrons. The van der Waals surface area contributed by atoms with E-state index in [1.54, 1.807) is 0 Å². The molecular weight excluding hydrogens is 236 g/mol. The molecule has 1 heterocycles. The molecule has 6 nitrogen and oxygen atoms in total. The lowest BCUT2D eigenvalue weighted by Gasteiger charge is -1.96. The van der Waals surface area contributed by atoms with Crippen LogP contribution >= 0.6 is 0 Å². The number of benzene rings is 1. The second-order valence-electron chi connectivity index (χ2n) is 3.75. The van der Waals surface area contributed by atoms with Gasteiger partial charge in [0.25, 0.3) is 0 Å². The number of aliphatic carboxylic acids is 1. The average Bonchev–Trinajstić information content (AvgIpc) is 2.78. The van der Waals surface area contributed by atoms with Gasteiger partial charge in [-0.05, 0) is 19.1 Å². The zero-order chi connectivity index (χ0) is 13.0. The molecule has 0 unspecified atom stereocenters. The highest BCUT2D eigenvalue weighted by atomic mass is 16.5. The van der Waals surface area contributed by atoms with Gasteiger partial charge in [-0.25, -0.2) is 4.79 Å². The summed E-state index contributed by atoms with van der Waals surface area (Å²) in [5.41, 5.74) is 1.96. The summed E-state index contributed by atoms with van der Waals surface area (Å²) in [5.74, 6) is -0.385. The number of carboxylic acid groups (broad SMARTS) is 1. The lowest BCUT2D eigenvalue weighted by atomic mass is 10.1. The summed E-state index contributed by atoms with van der Waals surface area (Å²) in [5, 5.41) is 16.1. The first-order valence-electron chi connectivity index (χ1n) is 5.34. The fraction of sp³-hybridized carbons (Fsp3) is 0.250. The van der Waals surface area contributed by atoms with E-state index in [4.69, 9.17) is 14.3 Å². The van der Waals surface area contributed by atoms with Crippen molar-refractivity contribution in [3.05, 3.63) is 35.7 Å². The van der Waals surface area contributed by atoms with Crippen LogP contribution in [-0.2, 0) is 16.1 Å². The first-order valence-corrected chi connectivity index (χ1v) is 5.34. The number of hydrogen-bond donors (Lipinski definition) is 1. The van der Waals surface area contributed by atoms with Crippen LogP contribution in [0, 0.1) is 6.92 Å². The van der Waals surface area contributed by atoms with E-state index >= 15 is 0 Å². The molecule has 0 aliphatic heterocycles. The van der Waals surface area contributed by atoms with Crippen LogP contribution in [0.3, 0.4) is 0 Å². The van der Waals surface area contributed by atoms with Crippen molar-refractivity contribution in [1.82, 2.24) is 10.2 Å². The number of carboxylic acids is 1. The van der Waals surface area contributed by atoms with Gasteiger partial charge in [-0.15, -0.1) is 10.2 Å². The van der Waals surface area contributed by atoms with Gasteiger partial charge in [0.15, 0.2) is 0 Å². The first kappa shape index (κ1) is 12.3. The van der Waals surface area contributed by atoms with Gasteiger partial charge in [-0.3, -0.25) is 0 Å². The highest BCUT2D eigenvalue weighted by Gasteiger charge is 2.08. The molecule has 0 bridgehead atoms. The Bertz CT molecular complexity index is 533. The highest BCUT2D eigenvalue weighted by Crippen LogP contribution is 2.18. The van der Waals surface area contributed by atoms with Gasteiger partial charge in [0.1, 0.15) is 13.2 Å². The summed E-state index contributed by atoms with van der Waals surface area (Å²) in [4.78, 5) is 10.3. The van der Waals surface area contributed by atoms with Crippen LogP contribution in [0.25, 0.3) is 11.5 Å². The van der Waals surface area contributed by atoms with E-state index in [1.807, 2.05) is 31.2 Å². The van der Waals surface area contributed by atoms with Crippen molar-refractivity contribution in [2.45, 2.75) is 13.5 Å². The number of ether oxygens (including phenoxy) is 1. The van der Waals surface area contributed by atoms with E-state index in [1.165, 1.54) is 0 Å². The maximum absolute atomic E-state index is 10.3. The fourth-order valence-electron chi connectivity index (χ4n) is 1.35. The molecule has 2 rings (SSSR count). The van der Waals surface area contributed by atoms with Crippen molar-refractivity contribution in [2.75, 3.05) is 6.61 Å². The molecule has 0 saturated heterocycles. The van der Waals surface area contributed by atoms with E-state index in [0.29, 0.717) is 5.89 Å². The molecule has 0 atom stereocenters. The summed E-state index contributed by atoms with van der Waals surface area (Å²) in [6, 6.07) is 7.65. The van der Waals surface area contributed by atoms with Crippen LogP contribution in [0.15, 0.2) is 28.7 Å². The molecule has 6 heteroatoms. The van der Waals surface area contributed by atoms with Gasteiger partial charge in [0.2, 0.25) is 11.8 Å². The third-order valence-corrected chi connectivity index (χ3v) is 2.22. The highest BCUT2D eigenvalue weighted by molar-refractivity contribution is 5.67. The Morgan fingerprint density at radius 1 is 1.33 bits per heavy atom. The molecule has 0 amide bonds. The van der Waals surface area contributed by atoms with Crippen LogP contribution in [-0.4, -0.2) is 27.9 Å². The lowest BCUT2D eigenvalue weighted by Crippen LogP contribution is -2.06. The van der Waals surface area contributed by atoms with Crippen molar-refractivity contribution in [3.63, 3.8) is 0 Å². The molecule has 0 radical (unpaired) electrons. The molecular formula is C12H12N2O4. The molecule has 1 N–H and O–H groups in total. The summed E-state index contributed by atoms with van der Waals surface area (Å²) >= 11 is 0. The van der Waals surface area contributed by atoms with Crippen molar-refractivity contribution >= 4 is 5.97 Å². The standard InChI is InChI=1S/C12H12N2O4/c1-8-2-4-9(5-3-8)12-14-13-10(18-12)6-17-7-11(15)16/h2-5H,6-7H2,1H3,(H,15,16). The van der Waals surface area contributed by atoms with E-state index in [0.717, 1.165) is 11.1 Å². The van der Waals surface area contributed by atoms with Crippen LogP contribution in [0.4, 0.5) is 0 Å². The Labute approximate surface area is 103 Å². The van der Waals surface area contributed by atoms with Gasteiger partial charge in [-0.1, -0.05) is 17.7 Å². The normalized spacial score (nSPS) is 10.5. The minimum Gasteiger partial charge on any atom is -0.480 e. The molecule has 0 saturated carbocycles. The Balaban J connectivity index is 2.01. The fourth-order valence-corrected chi connectivity index (χ4v) is 1.35. The van der Waals surface area contributed by atoms with E-state index < -0.39 is 5.97 Å². The van der Waals surface area contributed by atoms with Crippen LogP contribution in [0.5, 0.6) is 0 Å². The van der Waals surface area contributed by atoms with Crippen LogP contribution in [0.1, 0.15) is 11.5 Å². The number of carbonyl (C=O) groups is 1. The van der Waals surface area contributed by atoms with Crippen LogP contribution in [0.2, 0.25) is 0 Å². The largest absolute Gasteiger partial charge is 0.480 e. The summed E-state index contributed by atoms with van der Waals surface area (Å²) in [6.45, 7) is 1.59. The smallest absolute Gasteiger partial charge is 0.329 e. The topological polar surface area (TPSA) is 85.5 Å². The summed E-state index contributed by atoms with van der Waals surface area (Å²) in [6.07, 6.45) is 0. The molecule has 0 aliphatic carbocycles. The van der Waals surface area contributed by atoms with E-state index in [9.17, 15) is 4.79 Å². The third-order valence-electron chi connectivity index (χ3n) is 2.22. The molecule has 1 aromatic carbocycles. The zero-order valence-corrected chi connectivity index (χ0v) is 9.79. The minimum atomic E-state index is -1.03. The molecule has 2 aromatic rings. The van der Waals surface area contributed by atoms with Crippen molar-refractivity contribution in [3.8, 4) is 11.5 Å². The molecule has 0 aliphatic rings. The van der Waals surface area contributed by atoms with E-state index in [-0.39, 0.29) is 19.1 Å². The number of nitrogens with zero attached hydrogens (tertiary/aromatic N) is 2. The third kappa shape index (κ3) is 3.14. The van der Waals surface area contributed by atoms with Gasteiger partial charge >= 0.3 is 5.97 Å². The Morgan fingerprint density at radius 2 is 2.06 bits per heavy atom. The maximum atomic E-state index is 10.3. The lowest BCUT2D eigenvalue weighted by molar-refractivity contribution is -0.142. The van der Waals surface area contributed by atoms with Crippen molar-refractivity contribution in [1.29, 1.82) is 0 Å². The number of rotatable bonds is 5. The minimum absolute atomic E-state index is 0.00877. The zero-order valence-electron chi connectivity index (χ0n) is 9.79. The van der Waals surface area contributed by atoms with Gasteiger partial charge in [0.05, 0.1) is 0 Å². The predicted octanol–water partition coefficient (Wildman–Crippen LogP) is 1.65. The second-order valence-corrected chi connectivity index (χ2v) is 3.75. The van der Waals surface area contributed by atoms with Gasteiger partial charge in [0, 0.05) is 5.56 Å². The summed E-state index contributed by atoms with van der Waals surface area (Å²) < 4.78 is 10.2. The second kappa shape index (κ2) is 5.42. The molecule has 18 heavy (non-hydrogen) atoms. The quantitative estimate of drug-likeness (QED) is 0.865. The molecule has 0 spiro atoms. The van der Waals surface area contributed by atoms with Crippen molar-refractivity contribution in [2.24, 2.45) is 0 Å². The van der Waals surface area contributed by atoms with Crippen molar-refractivity contribution < 1.29 is 19.1 Å². The summed E-state index contributed by atoms with van der Waals surface area (Å²) in [7, 11) is 0. The van der Waals surface area contributed by atoms with E-state index in [2.05, 4.69) is 10.2 Å². The maximum Gasteiger partial charge on any atom is 0.329 e. The number of aryl methyl sites for hydroxylation is 1. The number of hydrogen-bond acceptors (Lipinski definition) is 5. The Kier molecular flexibility index (Phi) is 3.69. The average molecular weight is 248 g/mol. The monoisotopic (exact) mass is 248 g/mol. The molecule has 1 aromatic heterocycles. The first-order chi connectivity index (χ1) is 8.65. The Morgan fingerprint density at radius 3 is 2.72 bits per heavy atom.